The van der Waals surface area contributed by atoms with Crippen LogP contribution in [0.4, 0.5) is 0 Å². The summed E-state index contributed by atoms with van der Waals surface area (Å²) in [5.41, 5.74) is -0.700. The number of nitrogens with one attached hydrogen (secondary N) is 1. The topological polar surface area (TPSA) is 38.3 Å². The maximum Gasteiger partial charge on any atom is 0.326 e. The molecule has 0 aliphatic carbocycles. The fourth-order valence-electron chi connectivity index (χ4n) is 1.65. The Balaban J connectivity index is 2.74. The normalized spacial score (nSPS) is 13.9. The molecule has 5 heteroatoms. The SMILES string of the molecule is CCNC(C)(CSc1ccccc1Cl)C(=O)OCC. The molecule has 0 saturated carbocycles. The Morgan fingerprint density at radius 1 is 1.42 bits per heavy atom. The molecule has 19 heavy (non-hydrogen) atoms. The van der Waals surface area contributed by atoms with Gasteiger partial charge in [0.1, 0.15) is 5.54 Å². The van der Waals surface area contributed by atoms with E-state index in [1.165, 1.54) is 0 Å². The minimum atomic E-state index is -0.700. The number of benzene rings is 1. The van der Waals surface area contributed by atoms with Crippen molar-refractivity contribution >= 4 is 29.3 Å². The van der Waals surface area contributed by atoms with Crippen LogP contribution in [0.5, 0.6) is 0 Å². The van der Waals surface area contributed by atoms with Crippen molar-refractivity contribution in [2.45, 2.75) is 31.2 Å². The third kappa shape index (κ3) is 4.71. The number of likely N-dealkylation sites (N-methyl/N-ethyl adjacent to an activating group) is 1. The molecule has 3 nitrogen and oxygen atoms in total. The highest BCUT2D eigenvalue weighted by atomic mass is 35.5. The lowest BCUT2D eigenvalue weighted by atomic mass is 10.1. The summed E-state index contributed by atoms with van der Waals surface area (Å²) < 4.78 is 5.13. The predicted molar refractivity (Wildman–Crippen MR) is 80.9 cm³/mol. The third-order valence-corrected chi connectivity index (χ3v) is 4.48. The van der Waals surface area contributed by atoms with E-state index in [9.17, 15) is 4.79 Å². The Labute approximate surface area is 124 Å². The van der Waals surface area contributed by atoms with Crippen LogP contribution < -0.4 is 5.32 Å². The molecule has 0 bridgehead atoms. The monoisotopic (exact) mass is 301 g/mol. The summed E-state index contributed by atoms with van der Waals surface area (Å²) in [6.07, 6.45) is 0. The highest BCUT2D eigenvalue weighted by molar-refractivity contribution is 7.99. The number of ether oxygens (including phenoxy) is 1. The number of thioether (sulfide) groups is 1. The maximum absolute atomic E-state index is 12.0. The van der Waals surface area contributed by atoms with Crippen molar-refractivity contribution < 1.29 is 9.53 Å². The van der Waals surface area contributed by atoms with Crippen molar-refractivity contribution in [3.05, 3.63) is 29.3 Å². The Hall–Kier alpha value is -0.710. The molecule has 1 N–H and O–H groups in total. The van der Waals surface area contributed by atoms with Crippen molar-refractivity contribution in [2.75, 3.05) is 18.9 Å². The molecule has 0 amide bonds. The molecule has 106 valence electrons. The third-order valence-electron chi connectivity index (χ3n) is 2.65. The van der Waals surface area contributed by atoms with E-state index in [4.69, 9.17) is 16.3 Å². The Bertz CT molecular complexity index is 428. The number of carbonyl (C=O) groups excluding carboxylic acids is 1. The van der Waals surface area contributed by atoms with E-state index in [1.54, 1.807) is 11.8 Å². The van der Waals surface area contributed by atoms with Gasteiger partial charge in [0.2, 0.25) is 0 Å². The fourth-order valence-corrected chi connectivity index (χ4v) is 2.99. The second-order valence-electron chi connectivity index (χ2n) is 4.30. The van der Waals surface area contributed by atoms with Crippen LogP contribution in [0.25, 0.3) is 0 Å². The molecule has 0 heterocycles. The molecule has 0 aliphatic rings. The second-order valence-corrected chi connectivity index (χ2v) is 5.73. The van der Waals surface area contributed by atoms with Crippen LogP contribution in [0.3, 0.4) is 0 Å². The Kier molecular flexibility index (Phi) is 6.69. The van der Waals surface area contributed by atoms with Crippen molar-refractivity contribution in [3.8, 4) is 0 Å². The molecule has 0 fully saturated rings. The van der Waals surface area contributed by atoms with Crippen LogP contribution >= 0.6 is 23.4 Å². The number of halogens is 1. The summed E-state index contributed by atoms with van der Waals surface area (Å²) in [5.74, 6) is 0.347. The largest absolute Gasteiger partial charge is 0.465 e. The van der Waals surface area contributed by atoms with E-state index in [1.807, 2.05) is 45.0 Å². The van der Waals surface area contributed by atoms with Gasteiger partial charge in [0.15, 0.2) is 0 Å². The van der Waals surface area contributed by atoms with E-state index < -0.39 is 5.54 Å². The number of carbonyl (C=O) groups is 1. The van der Waals surface area contributed by atoms with Gasteiger partial charge in [-0.2, -0.15) is 0 Å². The molecular formula is C14H20ClNO2S. The van der Waals surface area contributed by atoms with Crippen LogP contribution in [-0.4, -0.2) is 30.4 Å². The summed E-state index contributed by atoms with van der Waals surface area (Å²) in [5, 5.41) is 3.90. The Morgan fingerprint density at radius 2 is 2.11 bits per heavy atom. The zero-order valence-corrected chi connectivity index (χ0v) is 13.1. The Morgan fingerprint density at radius 3 is 2.68 bits per heavy atom. The molecule has 1 aromatic rings. The lowest BCUT2D eigenvalue weighted by Crippen LogP contribution is -2.52. The van der Waals surface area contributed by atoms with Gasteiger partial charge in [-0.15, -0.1) is 11.8 Å². The van der Waals surface area contributed by atoms with Crippen LogP contribution in [0.2, 0.25) is 5.02 Å². The van der Waals surface area contributed by atoms with Crippen molar-refractivity contribution in [2.24, 2.45) is 0 Å². The maximum atomic E-state index is 12.0. The number of rotatable bonds is 7. The predicted octanol–water partition coefficient (Wildman–Crippen LogP) is 3.36. The molecule has 0 saturated heterocycles. The smallest absolute Gasteiger partial charge is 0.326 e. The molecule has 1 unspecified atom stereocenters. The van der Waals surface area contributed by atoms with Crippen LogP contribution in [-0.2, 0) is 9.53 Å². The molecule has 0 aromatic heterocycles. The van der Waals surface area contributed by atoms with E-state index in [2.05, 4.69) is 5.32 Å². The zero-order valence-electron chi connectivity index (χ0n) is 11.5. The molecule has 1 aromatic carbocycles. The summed E-state index contributed by atoms with van der Waals surface area (Å²) >= 11 is 7.67. The number of hydrogen-bond donors (Lipinski definition) is 1. The second kappa shape index (κ2) is 7.78. The highest BCUT2D eigenvalue weighted by Crippen LogP contribution is 2.29. The minimum absolute atomic E-state index is 0.226. The molecular weight excluding hydrogens is 282 g/mol. The summed E-state index contributed by atoms with van der Waals surface area (Å²) in [6, 6.07) is 7.62. The van der Waals surface area contributed by atoms with Gasteiger partial charge in [-0.3, -0.25) is 4.79 Å². The van der Waals surface area contributed by atoms with Gasteiger partial charge in [0, 0.05) is 10.6 Å². The average Bonchev–Trinajstić information content (AvgIpc) is 2.38. The quantitative estimate of drug-likeness (QED) is 0.619. The number of esters is 1. The molecule has 1 atom stereocenters. The molecule has 1 rings (SSSR count). The summed E-state index contributed by atoms with van der Waals surface area (Å²) in [7, 11) is 0. The van der Waals surface area contributed by atoms with Gasteiger partial charge in [0.05, 0.1) is 11.6 Å². The first-order valence-corrected chi connectivity index (χ1v) is 7.69. The van der Waals surface area contributed by atoms with E-state index in [0.29, 0.717) is 23.9 Å². The van der Waals surface area contributed by atoms with Gasteiger partial charge < -0.3 is 10.1 Å². The standard InChI is InChI=1S/C14H20ClNO2S/c1-4-16-14(3,13(17)18-5-2)10-19-12-9-7-6-8-11(12)15/h6-9,16H,4-5,10H2,1-3H3. The summed E-state index contributed by atoms with van der Waals surface area (Å²) in [6.45, 7) is 6.73. The van der Waals surface area contributed by atoms with Gasteiger partial charge in [-0.25, -0.2) is 0 Å². The molecule has 0 spiro atoms. The molecule has 0 aliphatic heterocycles. The van der Waals surface area contributed by atoms with Crippen molar-refractivity contribution in [1.82, 2.24) is 5.32 Å². The van der Waals surface area contributed by atoms with Crippen LogP contribution in [0.1, 0.15) is 20.8 Å². The zero-order chi connectivity index (χ0) is 14.3. The van der Waals surface area contributed by atoms with Gasteiger partial charge in [0.25, 0.3) is 0 Å². The first-order chi connectivity index (χ1) is 9.03. The average molecular weight is 302 g/mol. The van der Waals surface area contributed by atoms with E-state index >= 15 is 0 Å². The van der Waals surface area contributed by atoms with Gasteiger partial charge in [-0.05, 0) is 32.5 Å². The van der Waals surface area contributed by atoms with Gasteiger partial charge in [-0.1, -0.05) is 30.7 Å². The molecule has 0 radical (unpaired) electrons. The van der Waals surface area contributed by atoms with Crippen molar-refractivity contribution in [1.29, 1.82) is 0 Å². The lowest BCUT2D eigenvalue weighted by molar-refractivity contribution is -0.149. The lowest BCUT2D eigenvalue weighted by Gasteiger charge is -2.27. The fraction of sp³-hybridized carbons (Fsp3) is 0.500. The first kappa shape index (κ1) is 16.3. The summed E-state index contributed by atoms with van der Waals surface area (Å²) in [4.78, 5) is 13.0. The van der Waals surface area contributed by atoms with Crippen LogP contribution in [0, 0.1) is 0 Å². The van der Waals surface area contributed by atoms with Crippen molar-refractivity contribution in [3.63, 3.8) is 0 Å². The van der Waals surface area contributed by atoms with E-state index in [0.717, 1.165) is 4.90 Å². The highest BCUT2D eigenvalue weighted by Gasteiger charge is 2.34. The van der Waals surface area contributed by atoms with Crippen LogP contribution in [0.15, 0.2) is 29.2 Å². The first-order valence-electron chi connectivity index (χ1n) is 6.33. The number of hydrogen-bond acceptors (Lipinski definition) is 4. The minimum Gasteiger partial charge on any atom is -0.465 e. The van der Waals surface area contributed by atoms with Gasteiger partial charge >= 0.3 is 5.97 Å². The van der Waals surface area contributed by atoms with E-state index in [-0.39, 0.29) is 5.97 Å².